The Hall–Kier alpha value is 0.1000. The maximum absolute atomic E-state index is 8.86. The Morgan fingerprint density at radius 2 is 2.33 bits per heavy atom. The van der Waals surface area contributed by atoms with Crippen molar-refractivity contribution < 1.29 is 5.11 Å². The van der Waals surface area contributed by atoms with Crippen LogP contribution in [0.2, 0.25) is 0 Å². The second-order valence-corrected chi connectivity index (χ2v) is 6.17. The van der Waals surface area contributed by atoms with Gasteiger partial charge in [-0.3, -0.25) is 0 Å². The summed E-state index contributed by atoms with van der Waals surface area (Å²) in [7, 11) is 0. The van der Waals surface area contributed by atoms with Crippen molar-refractivity contribution in [3.8, 4) is 0 Å². The Bertz CT molecular complexity index is 277. The summed E-state index contributed by atoms with van der Waals surface area (Å²) in [6.07, 6.45) is 2.03. The molecule has 1 aromatic heterocycles. The van der Waals surface area contributed by atoms with E-state index in [0.29, 0.717) is 12.5 Å². The summed E-state index contributed by atoms with van der Waals surface area (Å²) in [6.45, 7) is 4.39. The van der Waals surface area contributed by atoms with Crippen molar-refractivity contribution in [1.29, 1.82) is 0 Å². The molecule has 0 aromatic carbocycles. The van der Waals surface area contributed by atoms with Crippen molar-refractivity contribution in [3.63, 3.8) is 0 Å². The molecule has 86 valence electrons. The van der Waals surface area contributed by atoms with Gasteiger partial charge in [0.2, 0.25) is 0 Å². The Labute approximate surface area is 104 Å². The highest BCUT2D eigenvalue weighted by Gasteiger charge is 2.05. The number of nitrogens with one attached hydrogen (secondary N) is 1. The van der Waals surface area contributed by atoms with Crippen molar-refractivity contribution in [2.75, 3.05) is 13.2 Å². The molecule has 0 aliphatic rings. The van der Waals surface area contributed by atoms with E-state index >= 15 is 0 Å². The highest BCUT2D eigenvalue weighted by molar-refractivity contribution is 9.11. The van der Waals surface area contributed by atoms with Gasteiger partial charge < -0.3 is 10.4 Å². The van der Waals surface area contributed by atoms with Crippen LogP contribution in [0.4, 0.5) is 0 Å². The zero-order chi connectivity index (χ0) is 11.1. The number of aliphatic hydroxyl groups is 1. The summed E-state index contributed by atoms with van der Waals surface area (Å²) in [5, 5.41) is 12.3. The highest BCUT2D eigenvalue weighted by Crippen LogP contribution is 2.21. The van der Waals surface area contributed by atoms with Crippen LogP contribution in [0.25, 0.3) is 0 Å². The Balaban J connectivity index is 2.20. The lowest BCUT2D eigenvalue weighted by Gasteiger charge is -2.13. The molecule has 0 aliphatic heterocycles. The fourth-order valence-corrected chi connectivity index (χ4v) is 2.93. The second kappa shape index (κ2) is 7.39. The van der Waals surface area contributed by atoms with E-state index in [9.17, 15) is 0 Å². The number of rotatable bonds is 7. The van der Waals surface area contributed by atoms with Gasteiger partial charge in [-0.15, -0.1) is 11.3 Å². The van der Waals surface area contributed by atoms with Gasteiger partial charge in [0.15, 0.2) is 0 Å². The first-order valence-electron chi connectivity index (χ1n) is 5.32. The lowest BCUT2D eigenvalue weighted by Crippen LogP contribution is -2.22. The van der Waals surface area contributed by atoms with Gasteiger partial charge in [-0.05, 0) is 46.9 Å². The molecule has 1 atom stereocenters. The minimum atomic E-state index is 0.296. The summed E-state index contributed by atoms with van der Waals surface area (Å²) in [5.41, 5.74) is 0. The van der Waals surface area contributed by atoms with Crippen LogP contribution >= 0.6 is 27.3 Å². The zero-order valence-corrected chi connectivity index (χ0v) is 11.4. The van der Waals surface area contributed by atoms with Crippen molar-refractivity contribution in [1.82, 2.24) is 5.32 Å². The van der Waals surface area contributed by atoms with Crippen LogP contribution in [-0.4, -0.2) is 18.3 Å². The summed E-state index contributed by atoms with van der Waals surface area (Å²) < 4.78 is 1.18. The first-order chi connectivity index (χ1) is 7.26. The third kappa shape index (κ3) is 5.11. The van der Waals surface area contributed by atoms with Crippen molar-refractivity contribution in [2.24, 2.45) is 5.92 Å². The summed E-state index contributed by atoms with van der Waals surface area (Å²) in [6, 6.07) is 4.21. The topological polar surface area (TPSA) is 32.3 Å². The molecule has 1 aromatic rings. The predicted molar refractivity (Wildman–Crippen MR) is 69.2 cm³/mol. The first-order valence-corrected chi connectivity index (χ1v) is 6.93. The largest absolute Gasteiger partial charge is 0.396 e. The van der Waals surface area contributed by atoms with Crippen LogP contribution in [0.1, 0.15) is 24.6 Å². The fourth-order valence-electron chi connectivity index (χ4n) is 1.48. The van der Waals surface area contributed by atoms with E-state index in [0.717, 1.165) is 25.9 Å². The Kier molecular flexibility index (Phi) is 6.48. The van der Waals surface area contributed by atoms with Crippen LogP contribution in [-0.2, 0) is 6.54 Å². The quantitative estimate of drug-likeness (QED) is 0.809. The molecule has 0 spiro atoms. The molecule has 0 radical (unpaired) electrons. The van der Waals surface area contributed by atoms with E-state index in [1.165, 1.54) is 8.66 Å². The molecule has 0 bridgehead atoms. The van der Waals surface area contributed by atoms with Gasteiger partial charge >= 0.3 is 0 Å². The van der Waals surface area contributed by atoms with E-state index in [2.05, 4.69) is 40.3 Å². The molecule has 0 fully saturated rings. The van der Waals surface area contributed by atoms with Gasteiger partial charge in [0.05, 0.1) is 3.79 Å². The van der Waals surface area contributed by atoms with Gasteiger partial charge in [0.1, 0.15) is 0 Å². The van der Waals surface area contributed by atoms with E-state index < -0.39 is 0 Å². The molecule has 0 amide bonds. The first kappa shape index (κ1) is 13.2. The number of thiophene rings is 1. The molecule has 0 saturated carbocycles. The van der Waals surface area contributed by atoms with Gasteiger partial charge in [0.25, 0.3) is 0 Å². The molecule has 0 saturated heterocycles. The van der Waals surface area contributed by atoms with Crippen molar-refractivity contribution in [2.45, 2.75) is 26.3 Å². The highest BCUT2D eigenvalue weighted by atomic mass is 79.9. The van der Waals surface area contributed by atoms with E-state index in [4.69, 9.17) is 5.11 Å². The Morgan fingerprint density at radius 3 is 2.87 bits per heavy atom. The second-order valence-electron chi connectivity index (χ2n) is 3.62. The molecule has 1 heterocycles. The fraction of sp³-hybridized carbons (Fsp3) is 0.636. The molecule has 15 heavy (non-hydrogen) atoms. The standard InChI is InChI=1S/C11H18BrNOS/c1-2-9(5-6-14)7-13-8-10-3-4-11(12)15-10/h3-4,9,13-14H,2,5-8H2,1H3. The van der Waals surface area contributed by atoms with Crippen LogP contribution in [0, 0.1) is 5.92 Å². The average Bonchev–Trinajstić information content (AvgIpc) is 2.63. The van der Waals surface area contributed by atoms with Crippen molar-refractivity contribution >= 4 is 27.3 Å². The molecule has 1 unspecified atom stereocenters. The van der Waals surface area contributed by atoms with Crippen LogP contribution < -0.4 is 5.32 Å². The number of halogens is 1. The minimum absolute atomic E-state index is 0.296. The normalized spacial score (nSPS) is 13.0. The van der Waals surface area contributed by atoms with Gasteiger partial charge in [-0.1, -0.05) is 13.3 Å². The molecule has 2 N–H and O–H groups in total. The monoisotopic (exact) mass is 291 g/mol. The molecular formula is C11H18BrNOS. The molecule has 2 nitrogen and oxygen atoms in total. The zero-order valence-electron chi connectivity index (χ0n) is 9.00. The van der Waals surface area contributed by atoms with E-state index in [-0.39, 0.29) is 0 Å². The average molecular weight is 292 g/mol. The van der Waals surface area contributed by atoms with Gasteiger partial charge in [0, 0.05) is 18.0 Å². The van der Waals surface area contributed by atoms with Gasteiger partial charge in [-0.2, -0.15) is 0 Å². The van der Waals surface area contributed by atoms with Crippen molar-refractivity contribution in [3.05, 3.63) is 20.8 Å². The third-order valence-electron chi connectivity index (χ3n) is 2.48. The van der Waals surface area contributed by atoms with E-state index in [1.54, 1.807) is 11.3 Å². The van der Waals surface area contributed by atoms with Crippen LogP contribution in [0.15, 0.2) is 15.9 Å². The summed E-state index contributed by atoms with van der Waals surface area (Å²) in [4.78, 5) is 1.35. The number of hydrogen-bond acceptors (Lipinski definition) is 3. The number of hydrogen-bond donors (Lipinski definition) is 2. The molecular weight excluding hydrogens is 274 g/mol. The predicted octanol–water partition coefficient (Wildman–Crippen LogP) is 3.01. The molecule has 4 heteroatoms. The maximum Gasteiger partial charge on any atom is 0.0701 e. The van der Waals surface area contributed by atoms with Crippen LogP contribution in [0.3, 0.4) is 0 Å². The smallest absolute Gasteiger partial charge is 0.0701 e. The maximum atomic E-state index is 8.86. The summed E-state index contributed by atoms with van der Waals surface area (Å²) >= 11 is 5.21. The minimum Gasteiger partial charge on any atom is -0.396 e. The van der Waals surface area contributed by atoms with Gasteiger partial charge in [-0.25, -0.2) is 0 Å². The number of aliphatic hydroxyl groups excluding tert-OH is 1. The van der Waals surface area contributed by atoms with E-state index in [1.807, 2.05) is 0 Å². The summed E-state index contributed by atoms with van der Waals surface area (Å²) in [5.74, 6) is 0.596. The third-order valence-corrected chi connectivity index (χ3v) is 4.10. The SMILES string of the molecule is CCC(CCO)CNCc1ccc(Br)s1. The Morgan fingerprint density at radius 1 is 1.53 bits per heavy atom. The lowest BCUT2D eigenvalue weighted by molar-refractivity contribution is 0.251. The molecule has 0 aliphatic carbocycles. The van der Waals surface area contributed by atoms with Crippen LogP contribution in [0.5, 0.6) is 0 Å². The molecule has 1 rings (SSSR count). The lowest BCUT2D eigenvalue weighted by atomic mass is 10.0.